The van der Waals surface area contributed by atoms with E-state index in [1.54, 1.807) is 6.20 Å². The van der Waals surface area contributed by atoms with E-state index in [4.69, 9.17) is 5.73 Å². The van der Waals surface area contributed by atoms with E-state index < -0.39 is 0 Å². The Morgan fingerprint density at radius 1 is 1.38 bits per heavy atom. The summed E-state index contributed by atoms with van der Waals surface area (Å²) in [4.78, 5) is 19.1. The number of nitrogens with zero attached hydrogens (tertiary/aromatic N) is 2. The Hall–Kier alpha value is -1.42. The zero-order valence-electron chi connectivity index (χ0n) is 13.2. The monoisotopic (exact) mass is 289 g/mol. The van der Waals surface area contributed by atoms with E-state index in [0.29, 0.717) is 18.5 Å². The van der Waals surface area contributed by atoms with E-state index in [1.165, 1.54) is 0 Å². The Bertz CT molecular complexity index is 467. The highest BCUT2D eigenvalue weighted by Gasteiger charge is 2.27. The molecule has 4 heteroatoms. The highest BCUT2D eigenvalue weighted by molar-refractivity contribution is 5.79. The van der Waals surface area contributed by atoms with Crippen LogP contribution >= 0.6 is 0 Å². The van der Waals surface area contributed by atoms with E-state index in [2.05, 4.69) is 16.8 Å². The largest absolute Gasteiger partial charge is 0.339 e. The SMILES string of the molecule is CCCN(C(=O)Cc1ncccc1C)C1CCC(N)CC1. The van der Waals surface area contributed by atoms with Gasteiger partial charge in [0.05, 0.1) is 12.1 Å². The molecule has 21 heavy (non-hydrogen) atoms. The smallest absolute Gasteiger partial charge is 0.228 e. The van der Waals surface area contributed by atoms with Crippen LogP contribution in [0, 0.1) is 6.92 Å². The van der Waals surface area contributed by atoms with Gasteiger partial charge in [-0.25, -0.2) is 0 Å². The molecular weight excluding hydrogens is 262 g/mol. The van der Waals surface area contributed by atoms with Crippen LogP contribution in [0.25, 0.3) is 0 Å². The molecule has 2 N–H and O–H groups in total. The number of hydrogen-bond acceptors (Lipinski definition) is 3. The molecule has 0 radical (unpaired) electrons. The third-order valence-electron chi connectivity index (χ3n) is 4.40. The summed E-state index contributed by atoms with van der Waals surface area (Å²) in [5.74, 6) is 0.208. The summed E-state index contributed by atoms with van der Waals surface area (Å²) in [6.45, 7) is 4.98. The van der Waals surface area contributed by atoms with E-state index in [9.17, 15) is 4.79 Å². The summed E-state index contributed by atoms with van der Waals surface area (Å²) in [6, 6.07) is 4.61. The van der Waals surface area contributed by atoms with Crippen molar-refractivity contribution in [3.8, 4) is 0 Å². The highest BCUT2D eigenvalue weighted by Crippen LogP contribution is 2.23. The number of amides is 1. The molecule has 0 unspecified atom stereocenters. The van der Waals surface area contributed by atoms with Gasteiger partial charge in [-0.2, -0.15) is 0 Å². The van der Waals surface area contributed by atoms with Gasteiger partial charge in [0.25, 0.3) is 0 Å². The molecule has 0 bridgehead atoms. The Labute approximate surface area is 127 Å². The Morgan fingerprint density at radius 3 is 2.71 bits per heavy atom. The van der Waals surface area contributed by atoms with Crippen molar-refractivity contribution in [1.29, 1.82) is 0 Å². The molecule has 0 spiro atoms. The average Bonchev–Trinajstić information content (AvgIpc) is 2.48. The Balaban J connectivity index is 2.03. The number of carbonyl (C=O) groups excluding carboxylic acids is 1. The molecule has 2 rings (SSSR count). The van der Waals surface area contributed by atoms with Gasteiger partial charge in [-0.3, -0.25) is 9.78 Å². The number of aryl methyl sites for hydroxylation is 1. The number of carbonyl (C=O) groups is 1. The van der Waals surface area contributed by atoms with Crippen LogP contribution in [-0.4, -0.2) is 34.4 Å². The van der Waals surface area contributed by atoms with E-state index in [1.807, 2.05) is 19.1 Å². The first kappa shape index (κ1) is 16.0. The Morgan fingerprint density at radius 2 is 2.10 bits per heavy atom. The molecule has 4 nitrogen and oxygen atoms in total. The molecule has 0 aliphatic heterocycles. The molecule has 0 aromatic carbocycles. The van der Waals surface area contributed by atoms with Crippen LogP contribution in [0.2, 0.25) is 0 Å². The minimum Gasteiger partial charge on any atom is -0.339 e. The summed E-state index contributed by atoms with van der Waals surface area (Å²) in [5.41, 5.74) is 7.97. The van der Waals surface area contributed by atoms with Crippen molar-refractivity contribution in [3.63, 3.8) is 0 Å². The van der Waals surface area contributed by atoms with Crippen LogP contribution in [0.4, 0.5) is 0 Å². The quantitative estimate of drug-likeness (QED) is 0.905. The van der Waals surface area contributed by atoms with E-state index in [0.717, 1.165) is 49.9 Å². The normalized spacial score (nSPS) is 22.0. The maximum atomic E-state index is 12.7. The predicted octanol–water partition coefficient (Wildman–Crippen LogP) is 2.44. The number of pyridine rings is 1. The van der Waals surface area contributed by atoms with Gasteiger partial charge in [0.2, 0.25) is 5.91 Å². The summed E-state index contributed by atoms with van der Waals surface area (Å²) >= 11 is 0. The molecule has 1 saturated carbocycles. The molecule has 0 saturated heterocycles. The molecule has 1 aromatic heterocycles. The van der Waals surface area contributed by atoms with Crippen molar-refractivity contribution < 1.29 is 4.79 Å². The van der Waals surface area contributed by atoms with Crippen LogP contribution in [0.5, 0.6) is 0 Å². The molecule has 1 amide bonds. The van der Waals surface area contributed by atoms with Crippen LogP contribution in [0.3, 0.4) is 0 Å². The first-order valence-corrected chi connectivity index (χ1v) is 8.07. The maximum Gasteiger partial charge on any atom is 0.228 e. The Kier molecular flexibility index (Phi) is 5.74. The standard InChI is InChI=1S/C17H27N3O/c1-3-11-20(15-8-6-14(18)7-9-15)17(21)12-16-13(2)5-4-10-19-16/h4-5,10,14-15H,3,6-9,11-12,18H2,1-2H3. The van der Waals surface area contributed by atoms with Gasteiger partial charge in [-0.15, -0.1) is 0 Å². The number of aromatic nitrogens is 1. The van der Waals surface area contributed by atoms with Crippen LogP contribution in [0.1, 0.15) is 50.3 Å². The zero-order valence-corrected chi connectivity index (χ0v) is 13.2. The molecule has 0 atom stereocenters. The fourth-order valence-corrected chi connectivity index (χ4v) is 3.11. The van der Waals surface area contributed by atoms with Gasteiger partial charge >= 0.3 is 0 Å². The number of nitrogens with two attached hydrogens (primary N) is 1. The second kappa shape index (κ2) is 7.55. The minimum absolute atomic E-state index is 0.208. The topological polar surface area (TPSA) is 59.2 Å². The van der Waals surface area contributed by atoms with Crippen molar-refractivity contribution in [2.45, 2.75) is 64.5 Å². The molecule has 1 aromatic rings. The van der Waals surface area contributed by atoms with Gasteiger partial charge in [-0.05, 0) is 50.7 Å². The third-order valence-corrected chi connectivity index (χ3v) is 4.40. The number of rotatable bonds is 5. The summed E-state index contributed by atoms with van der Waals surface area (Å²) in [6.07, 6.45) is 7.30. The van der Waals surface area contributed by atoms with Crippen molar-refractivity contribution in [2.24, 2.45) is 5.73 Å². The van der Waals surface area contributed by atoms with E-state index in [-0.39, 0.29) is 5.91 Å². The minimum atomic E-state index is 0.208. The maximum absolute atomic E-state index is 12.7. The van der Waals surface area contributed by atoms with Crippen LogP contribution in [0.15, 0.2) is 18.3 Å². The second-order valence-electron chi connectivity index (χ2n) is 6.10. The molecule has 1 heterocycles. The average molecular weight is 289 g/mol. The van der Waals surface area contributed by atoms with Crippen molar-refractivity contribution in [1.82, 2.24) is 9.88 Å². The first-order valence-electron chi connectivity index (χ1n) is 8.07. The number of hydrogen-bond donors (Lipinski definition) is 1. The molecule has 1 aliphatic rings. The van der Waals surface area contributed by atoms with Gasteiger partial charge in [0, 0.05) is 24.8 Å². The fraction of sp³-hybridized carbons (Fsp3) is 0.647. The van der Waals surface area contributed by atoms with Gasteiger partial charge < -0.3 is 10.6 Å². The van der Waals surface area contributed by atoms with Crippen LogP contribution < -0.4 is 5.73 Å². The van der Waals surface area contributed by atoms with Crippen molar-refractivity contribution >= 4 is 5.91 Å². The molecular formula is C17H27N3O. The zero-order chi connectivity index (χ0) is 15.2. The fourth-order valence-electron chi connectivity index (χ4n) is 3.11. The lowest BCUT2D eigenvalue weighted by Crippen LogP contribution is -2.45. The lowest BCUT2D eigenvalue weighted by atomic mass is 9.90. The van der Waals surface area contributed by atoms with Gasteiger partial charge in [-0.1, -0.05) is 13.0 Å². The molecule has 116 valence electrons. The molecule has 1 aliphatic carbocycles. The summed E-state index contributed by atoms with van der Waals surface area (Å²) in [5, 5.41) is 0. The third kappa shape index (κ3) is 4.27. The lowest BCUT2D eigenvalue weighted by molar-refractivity contribution is -0.133. The van der Waals surface area contributed by atoms with E-state index >= 15 is 0 Å². The van der Waals surface area contributed by atoms with Crippen LogP contribution in [-0.2, 0) is 11.2 Å². The highest BCUT2D eigenvalue weighted by atomic mass is 16.2. The molecule has 1 fully saturated rings. The predicted molar refractivity (Wildman–Crippen MR) is 84.9 cm³/mol. The summed E-state index contributed by atoms with van der Waals surface area (Å²) < 4.78 is 0. The van der Waals surface area contributed by atoms with Crippen molar-refractivity contribution in [3.05, 3.63) is 29.6 Å². The second-order valence-corrected chi connectivity index (χ2v) is 6.10. The lowest BCUT2D eigenvalue weighted by Gasteiger charge is -2.36. The van der Waals surface area contributed by atoms with Gasteiger partial charge in [0.15, 0.2) is 0 Å². The summed E-state index contributed by atoms with van der Waals surface area (Å²) in [7, 11) is 0. The first-order chi connectivity index (χ1) is 10.1. The van der Waals surface area contributed by atoms with Crippen molar-refractivity contribution in [2.75, 3.05) is 6.54 Å². The van der Waals surface area contributed by atoms with Gasteiger partial charge in [0.1, 0.15) is 0 Å².